The van der Waals surface area contributed by atoms with Crippen LogP contribution in [0.2, 0.25) is 5.02 Å². The summed E-state index contributed by atoms with van der Waals surface area (Å²) in [4.78, 5) is 19.9. The molecule has 1 fully saturated rings. The first-order valence-corrected chi connectivity index (χ1v) is 14.1. The number of aryl methyl sites for hydroxylation is 1. The van der Waals surface area contributed by atoms with Crippen LogP contribution in [0.15, 0.2) is 53.6 Å². The lowest BCUT2D eigenvalue weighted by Crippen LogP contribution is -2.42. The van der Waals surface area contributed by atoms with Crippen molar-refractivity contribution in [2.45, 2.75) is 43.4 Å². The summed E-state index contributed by atoms with van der Waals surface area (Å²) in [5, 5.41) is 11.4. The van der Waals surface area contributed by atoms with Crippen molar-refractivity contribution in [2.75, 3.05) is 39.6 Å². The van der Waals surface area contributed by atoms with Gasteiger partial charge in [-0.05, 0) is 86.5 Å². The van der Waals surface area contributed by atoms with E-state index in [4.69, 9.17) is 21.1 Å². The highest BCUT2D eigenvalue weighted by atomic mass is 35.5. The van der Waals surface area contributed by atoms with Gasteiger partial charge in [-0.2, -0.15) is 0 Å². The van der Waals surface area contributed by atoms with Crippen molar-refractivity contribution in [1.82, 2.24) is 9.88 Å². The highest BCUT2D eigenvalue weighted by Crippen LogP contribution is 2.41. The number of hydrogen-bond donors (Lipinski definition) is 1. The summed E-state index contributed by atoms with van der Waals surface area (Å²) in [5.41, 5.74) is 1.77. The predicted molar refractivity (Wildman–Crippen MR) is 150 cm³/mol. The topological polar surface area (TPSA) is 71.9 Å². The zero-order valence-corrected chi connectivity index (χ0v) is 23.1. The van der Waals surface area contributed by atoms with Crippen LogP contribution in [0.1, 0.15) is 37.7 Å². The van der Waals surface area contributed by atoms with Gasteiger partial charge in [-0.25, -0.2) is 0 Å². The van der Waals surface area contributed by atoms with E-state index >= 15 is 0 Å². The molecule has 198 valence electrons. The number of piperidine rings is 1. The van der Waals surface area contributed by atoms with Gasteiger partial charge in [0.25, 0.3) is 0 Å². The van der Waals surface area contributed by atoms with E-state index in [1.54, 1.807) is 32.2 Å². The average molecular weight is 543 g/mol. The second kappa shape index (κ2) is 12.9. The Morgan fingerprint density at radius 2 is 1.95 bits per heavy atom. The molecule has 0 radical (unpaired) electrons. The molecule has 0 aliphatic carbocycles. The largest absolute Gasteiger partial charge is 0.497 e. The van der Waals surface area contributed by atoms with Gasteiger partial charge in [-0.15, -0.1) is 11.8 Å². The number of carboxylic acid groups (broad SMARTS) is 1. The number of fused-ring (bicyclic) bond motifs is 1. The van der Waals surface area contributed by atoms with Crippen molar-refractivity contribution in [2.24, 2.45) is 5.41 Å². The van der Waals surface area contributed by atoms with Gasteiger partial charge in [0, 0.05) is 28.8 Å². The minimum atomic E-state index is -0.711. The van der Waals surface area contributed by atoms with E-state index in [0.717, 1.165) is 90.4 Å². The fraction of sp³-hybridized carbons (Fsp3) is 0.448. The Labute approximate surface area is 228 Å². The SMILES string of the molecule is COc1ccc2ncc(Cl)c(CCCC3(CC(=O)O)CCN(CCSc4ccccc4OC)CC3)c2c1. The third-order valence-corrected chi connectivity index (χ3v) is 8.81. The average Bonchev–Trinajstić information content (AvgIpc) is 2.90. The Hall–Kier alpha value is -2.48. The van der Waals surface area contributed by atoms with Crippen LogP contribution in [0.4, 0.5) is 0 Å². The van der Waals surface area contributed by atoms with E-state index in [-0.39, 0.29) is 11.8 Å². The zero-order valence-electron chi connectivity index (χ0n) is 21.5. The maximum atomic E-state index is 11.8. The lowest BCUT2D eigenvalue weighted by molar-refractivity contribution is -0.140. The van der Waals surface area contributed by atoms with Crippen LogP contribution in [0.5, 0.6) is 11.5 Å². The van der Waals surface area contributed by atoms with E-state index < -0.39 is 5.97 Å². The number of nitrogens with zero attached hydrogens (tertiary/aromatic N) is 2. The Kier molecular flexibility index (Phi) is 9.57. The molecule has 2 heterocycles. The Balaban J connectivity index is 1.34. The van der Waals surface area contributed by atoms with Crippen molar-refractivity contribution in [3.8, 4) is 11.5 Å². The first-order chi connectivity index (χ1) is 17.9. The summed E-state index contributed by atoms with van der Waals surface area (Å²) in [6, 6.07) is 13.9. The number of halogens is 1. The first kappa shape index (κ1) is 27.6. The number of carboxylic acids is 1. The molecule has 0 amide bonds. The third-order valence-electron chi connectivity index (χ3n) is 7.45. The standard InChI is InChI=1S/C29H35ClN2O4S/c1-35-21-9-10-25-23(18-21)22(24(30)20-31-25)6-5-11-29(19-28(33)34)12-14-32(15-13-29)16-17-37-27-8-4-3-7-26(27)36-2/h3-4,7-10,18,20H,5-6,11-17,19H2,1-2H3,(H,33,34). The molecule has 0 bridgehead atoms. The molecule has 0 saturated carbocycles. The minimum Gasteiger partial charge on any atom is -0.497 e. The number of para-hydroxylation sites is 1. The van der Waals surface area contributed by atoms with Crippen molar-refractivity contribution in [3.05, 3.63) is 59.2 Å². The van der Waals surface area contributed by atoms with Gasteiger partial charge in [0.15, 0.2) is 0 Å². The minimum absolute atomic E-state index is 0.175. The van der Waals surface area contributed by atoms with Crippen LogP contribution in [0.25, 0.3) is 10.9 Å². The number of hydrogen-bond acceptors (Lipinski definition) is 6. The number of methoxy groups -OCH3 is 2. The van der Waals surface area contributed by atoms with Crippen LogP contribution in [0.3, 0.4) is 0 Å². The normalized spacial score (nSPS) is 15.5. The summed E-state index contributed by atoms with van der Waals surface area (Å²) in [6.07, 6.45) is 6.26. The van der Waals surface area contributed by atoms with Crippen LogP contribution in [0, 0.1) is 5.41 Å². The Morgan fingerprint density at radius 3 is 2.68 bits per heavy atom. The predicted octanol–water partition coefficient (Wildman–Crippen LogP) is 6.58. The molecule has 4 rings (SSSR count). The lowest BCUT2D eigenvalue weighted by Gasteiger charge is -2.41. The van der Waals surface area contributed by atoms with Crippen molar-refractivity contribution >= 4 is 40.2 Å². The summed E-state index contributed by atoms with van der Waals surface area (Å²) >= 11 is 8.36. The molecule has 1 N–H and O–H groups in total. The number of aromatic nitrogens is 1. The number of thioether (sulfide) groups is 1. The molecule has 0 spiro atoms. The summed E-state index contributed by atoms with van der Waals surface area (Å²) in [6.45, 7) is 2.83. The molecule has 3 aromatic rings. The van der Waals surface area contributed by atoms with E-state index in [1.807, 2.05) is 36.4 Å². The highest BCUT2D eigenvalue weighted by molar-refractivity contribution is 7.99. The number of likely N-dealkylation sites (tertiary alicyclic amines) is 1. The number of ether oxygens (including phenoxy) is 2. The molecule has 0 atom stereocenters. The number of benzene rings is 2. The van der Waals surface area contributed by atoms with Gasteiger partial charge in [0.2, 0.25) is 0 Å². The fourth-order valence-corrected chi connectivity index (χ4v) is 6.62. The van der Waals surface area contributed by atoms with Crippen molar-refractivity contribution in [3.63, 3.8) is 0 Å². The fourth-order valence-electron chi connectivity index (χ4n) is 5.33. The van der Waals surface area contributed by atoms with Gasteiger partial charge in [0.1, 0.15) is 11.5 Å². The summed E-state index contributed by atoms with van der Waals surface area (Å²) in [7, 11) is 3.35. The Morgan fingerprint density at radius 1 is 1.16 bits per heavy atom. The van der Waals surface area contributed by atoms with Crippen molar-refractivity contribution in [1.29, 1.82) is 0 Å². The maximum Gasteiger partial charge on any atom is 0.303 e. The molecule has 1 aliphatic heterocycles. The van der Waals surface area contributed by atoms with Crippen LogP contribution in [-0.2, 0) is 11.2 Å². The number of pyridine rings is 1. The highest BCUT2D eigenvalue weighted by Gasteiger charge is 2.36. The lowest BCUT2D eigenvalue weighted by atomic mass is 9.72. The third kappa shape index (κ3) is 7.09. The van der Waals surface area contributed by atoms with Gasteiger partial charge in [-0.1, -0.05) is 23.7 Å². The second-order valence-corrected chi connectivity index (χ2v) is 11.3. The molecule has 6 nitrogen and oxygen atoms in total. The van der Waals surface area contributed by atoms with E-state index in [1.165, 1.54) is 0 Å². The summed E-state index contributed by atoms with van der Waals surface area (Å²) < 4.78 is 10.9. The second-order valence-electron chi connectivity index (χ2n) is 9.73. The zero-order chi connectivity index (χ0) is 26.3. The molecular formula is C29H35ClN2O4S. The molecule has 0 unspecified atom stereocenters. The van der Waals surface area contributed by atoms with Crippen LogP contribution >= 0.6 is 23.4 Å². The van der Waals surface area contributed by atoms with E-state index in [9.17, 15) is 9.90 Å². The molecule has 8 heteroatoms. The first-order valence-electron chi connectivity index (χ1n) is 12.7. The molecule has 37 heavy (non-hydrogen) atoms. The Bertz CT molecular complexity index is 1210. The smallest absolute Gasteiger partial charge is 0.303 e. The van der Waals surface area contributed by atoms with Gasteiger partial charge < -0.3 is 19.5 Å². The van der Waals surface area contributed by atoms with Crippen LogP contribution < -0.4 is 9.47 Å². The van der Waals surface area contributed by atoms with Crippen LogP contribution in [-0.4, -0.2) is 60.6 Å². The molecule has 2 aromatic carbocycles. The number of aliphatic carboxylic acids is 1. The van der Waals surface area contributed by atoms with Gasteiger partial charge in [0.05, 0.1) is 31.2 Å². The maximum absolute atomic E-state index is 11.8. The molecule has 1 saturated heterocycles. The summed E-state index contributed by atoms with van der Waals surface area (Å²) in [5.74, 6) is 1.95. The van der Waals surface area contributed by atoms with E-state index in [0.29, 0.717) is 5.02 Å². The number of carbonyl (C=O) groups is 1. The van der Waals surface area contributed by atoms with E-state index in [2.05, 4.69) is 16.0 Å². The monoisotopic (exact) mass is 542 g/mol. The number of rotatable bonds is 12. The van der Waals surface area contributed by atoms with Crippen molar-refractivity contribution < 1.29 is 19.4 Å². The quantitative estimate of drug-likeness (QED) is 0.259. The molecule has 1 aliphatic rings. The molecular weight excluding hydrogens is 508 g/mol. The molecule has 1 aromatic heterocycles. The van der Waals surface area contributed by atoms with Gasteiger partial charge in [-0.3, -0.25) is 9.78 Å². The van der Waals surface area contributed by atoms with Gasteiger partial charge >= 0.3 is 5.97 Å².